The summed E-state index contributed by atoms with van der Waals surface area (Å²) in [7, 11) is 3.48. The number of nitrogens with one attached hydrogen (secondary N) is 1. The minimum absolute atomic E-state index is 0.0404. The number of hydrogen-bond donors (Lipinski definition) is 1. The van der Waals surface area contributed by atoms with Gasteiger partial charge in [-0.25, -0.2) is 4.79 Å². The molecule has 0 radical (unpaired) electrons. The number of carbonyl (C=O) groups is 1. The van der Waals surface area contributed by atoms with Gasteiger partial charge in [0.15, 0.2) is 0 Å². The average molecular weight is 186 g/mol. The zero-order valence-corrected chi connectivity index (χ0v) is 8.38. The van der Waals surface area contributed by atoms with Crippen LogP contribution in [0.4, 0.5) is 4.79 Å². The van der Waals surface area contributed by atoms with Gasteiger partial charge in [-0.3, -0.25) is 0 Å². The lowest BCUT2D eigenvalue weighted by Crippen LogP contribution is -2.39. The Morgan fingerprint density at radius 2 is 2.31 bits per heavy atom. The van der Waals surface area contributed by atoms with E-state index >= 15 is 0 Å². The standard InChI is InChI=1S/C9H18N2O2/c1-11(6-3-7-13-2)9(12)10-8-4-5-8/h8H,3-7H2,1-2H3,(H,10,12). The maximum atomic E-state index is 11.4. The lowest BCUT2D eigenvalue weighted by Gasteiger charge is -2.17. The molecule has 0 aromatic heterocycles. The van der Waals surface area contributed by atoms with E-state index in [0.29, 0.717) is 12.6 Å². The Labute approximate surface area is 79.2 Å². The number of amides is 2. The Morgan fingerprint density at radius 3 is 2.85 bits per heavy atom. The first-order valence-corrected chi connectivity index (χ1v) is 4.74. The molecule has 4 nitrogen and oxygen atoms in total. The van der Waals surface area contributed by atoms with Crippen LogP contribution in [0.1, 0.15) is 19.3 Å². The van der Waals surface area contributed by atoms with Crippen LogP contribution in [-0.4, -0.2) is 44.3 Å². The fourth-order valence-electron chi connectivity index (χ4n) is 1.06. The number of methoxy groups -OCH3 is 1. The van der Waals surface area contributed by atoms with E-state index in [9.17, 15) is 4.79 Å². The molecular formula is C9H18N2O2. The molecule has 13 heavy (non-hydrogen) atoms. The van der Waals surface area contributed by atoms with Crippen LogP contribution in [0.15, 0.2) is 0 Å². The number of hydrogen-bond acceptors (Lipinski definition) is 2. The minimum atomic E-state index is 0.0404. The molecule has 1 saturated carbocycles. The largest absolute Gasteiger partial charge is 0.385 e. The fraction of sp³-hybridized carbons (Fsp3) is 0.889. The van der Waals surface area contributed by atoms with E-state index in [1.807, 2.05) is 7.05 Å². The Hall–Kier alpha value is -0.770. The first-order valence-electron chi connectivity index (χ1n) is 4.74. The van der Waals surface area contributed by atoms with E-state index in [2.05, 4.69) is 5.32 Å². The van der Waals surface area contributed by atoms with E-state index in [-0.39, 0.29) is 6.03 Å². The molecule has 0 saturated heterocycles. The van der Waals surface area contributed by atoms with Gasteiger partial charge in [-0.1, -0.05) is 0 Å². The number of nitrogens with zero attached hydrogens (tertiary/aromatic N) is 1. The van der Waals surface area contributed by atoms with Crippen molar-refractivity contribution in [3.05, 3.63) is 0 Å². The summed E-state index contributed by atoms with van der Waals surface area (Å²) in [6.45, 7) is 1.47. The van der Waals surface area contributed by atoms with Crippen molar-refractivity contribution in [2.24, 2.45) is 0 Å². The molecule has 0 atom stereocenters. The van der Waals surface area contributed by atoms with Crippen molar-refractivity contribution >= 4 is 6.03 Å². The van der Waals surface area contributed by atoms with Crippen molar-refractivity contribution < 1.29 is 9.53 Å². The van der Waals surface area contributed by atoms with Crippen LogP contribution in [0.5, 0.6) is 0 Å². The molecule has 0 unspecified atom stereocenters. The third kappa shape index (κ3) is 4.12. The van der Waals surface area contributed by atoms with Crippen molar-refractivity contribution in [2.75, 3.05) is 27.3 Å². The molecule has 2 amide bonds. The SMILES string of the molecule is COCCCN(C)C(=O)NC1CC1. The Kier molecular flexibility index (Phi) is 4.02. The van der Waals surface area contributed by atoms with Crippen molar-refractivity contribution in [1.29, 1.82) is 0 Å². The molecule has 1 rings (SSSR count). The predicted molar refractivity (Wildman–Crippen MR) is 50.7 cm³/mol. The molecule has 0 heterocycles. The van der Waals surface area contributed by atoms with Crippen LogP contribution in [-0.2, 0) is 4.74 Å². The predicted octanol–water partition coefficient (Wildman–Crippen LogP) is 0.827. The van der Waals surface area contributed by atoms with Gasteiger partial charge in [-0.15, -0.1) is 0 Å². The second-order valence-electron chi connectivity index (χ2n) is 3.49. The van der Waals surface area contributed by atoms with Crippen LogP contribution >= 0.6 is 0 Å². The van der Waals surface area contributed by atoms with Gasteiger partial charge in [0.05, 0.1) is 0 Å². The summed E-state index contributed by atoms with van der Waals surface area (Å²) < 4.78 is 4.91. The van der Waals surface area contributed by atoms with Crippen molar-refractivity contribution in [1.82, 2.24) is 10.2 Å². The van der Waals surface area contributed by atoms with Gasteiger partial charge in [-0.2, -0.15) is 0 Å². The smallest absolute Gasteiger partial charge is 0.317 e. The topological polar surface area (TPSA) is 41.6 Å². The highest BCUT2D eigenvalue weighted by molar-refractivity contribution is 5.74. The van der Waals surface area contributed by atoms with Gasteiger partial charge in [0.25, 0.3) is 0 Å². The number of urea groups is 1. The first kappa shape index (κ1) is 10.3. The average Bonchev–Trinajstić information content (AvgIpc) is 2.88. The van der Waals surface area contributed by atoms with Gasteiger partial charge in [0.1, 0.15) is 0 Å². The maximum absolute atomic E-state index is 11.4. The summed E-state index contributed by atoms with van der Waals surface area (Å²) in [5.74, 6) is 0. The summed E-state index contributed by atoms with van der Waals surface area (Å²) in [4.78, 5) is 13.1. The molecule has 1 aliphatic carbocycles. The van der Waals surface area contributed by atoms with Gasteiger partial charge < -0.3 is 15.0 Å². The highest BCUT2D eigenvalue weighted by Gasteiger charge is 2.24. The first-order chi connectivity index (χ1) is 6.24. The summed E-state index contributed by atoms with van der Waals surface area (Å²) in [6, 6.07) is 0.482. The Bertz CT molecular complexity index is 169. The number of rotatable bonds is 5. The van der Waals surface area contributed by atoms with Crippen molar-refractivity contribution in [3.8, 4) is 0 Å². The molecule has 0 aromatic carbocycles. The molecule has 76 valence electrons. The molecule has 0 bridgehead atoms. The van der Waals surface area contributed by atoms with E-state index in [4.69, 9.17) is 4.74 Å². The quantitative estimate of drug-likeness (QED) is 0.646. The van der Waals surface area contributed by atoms with Crippen molar-refractivity contribution in [3.63, 3.8) is 0 Å². The number of ether oxygens (including phenoxy) is 1. The molecule has 4 heteroatoms. The summed E-state index contributed by atoms with van der Waals surface area (Å²) >= 11 is 0. The van der Waals surface area contributed by atoms with Crippen LogP contribution in [0.3, 0.4) is 0 Å². The van der Waals surface area contributed by atoms with E-state index in [1.165, 1.54) is 0 Å². The van der Waals surface area contributed by atoms with Crippen LogP contribution < -0.4 is 5.32 Å². The van der Waals surface area contributed by atoms with Gasteiger partial charge in [-0.05, 0) is 19.3 Å². The van der Waals surface area contributed by atoms with E-state index in [1.54, 1.807) is 12.0 Å². The lowest BCUT2D eigenvalue weighted by molar-refractivity contribution is 0.175. The zero-order valence-electron chi connectivity index (χ0n) is 8.38. The van der Waals surface area contributed by atoms with Crippen LogP contribution in [0.25, 0.3) is 0 Å². The van der Waals surface area contributed by atoms with Crippen molar-refractivity contribution in [2.45, 2.75) is 25.3 Å². The van der Waals surface area contributed by atoms with Gasteiger partial charge in [0.2, 0.25) is 0 Å². The molecule has 1 fully saturated rings. The molecule has 0 aromatic rings. The zero-order chi connectivity index (χ0) is 9.68. The summed E-state index contributed by atoms with van der Waals surface area (Å²) in [6.07, 6.45) is 3.17. The third-order valence-electron chi connectivity index (χ3n) is 2.09. The highest BCUT2D eigenvalue weighted by atomic mass is 16.5. The Morgan fingerprint density at radius 1 is 1.62 bits per heavy atom. The molecule has 1 aliphatic rings. The van der Waals surface area contributed by atoms with E-state index < -0.39 is 0 Å². The summed E-state index contributed by atoms with van der Waals surface area (Å²) in [5.41, 5.74) is 0. The lowest BCUT2D eigenvalue weighted by atomic mass is 10.4. The van der Waals surface area contributed by atoms with Gasteiger partial charge >= 0.3 is 6.03 Å². The molecule has 0 spiro atoms. The second kappa shape index (κ2) is 5.07. The minimum Gasteiger partial charge on any atom is -0.385 e. The molecule has 1 N–H and O–H groups in total. The van der Waals surface area contributed by atoms with Gasteiger partial charge in [0, 0.05) is 33.4 Å². The maximum Gasteiger partial charge on any atom is 0.317 e. The monoisotopic (exact) mass is 186 g/mol. The summed E-state index contributed by atoms with van der Waals surface area (Å²) in [5, 5.41) is 2.93. The number of carbonyl (C=O) groups excluding carboxylic acids is 1. The normalized spacial score (nSPS) is 15.5. The third-order valence-corrected chi connectivity index (χ3v) is 2.09. The second-order valence-corrected chi connectivity index (χ2v) is 3.49. The molecule has 0 aliphatic heterocycles. The van der Waals surface area contributed by atoms with E-state index in [0.717, 1.165) is 25.8 Å². The fourth-order valence-corrected chi connectivity index (χ4v) is 1.06. The van der Waals surface area contributed by atoms with Crippen LogP contribution in [0.2, 0.25) is 0 Å². The highest BCUT2D eigenvalue weighted by Crippen LogP contribution is 2.18. The van der Waals surface area contributed by atoms with Crippen LogP contribution in [0, 0.1) is 0 Å². The molecular weight excluding hydrogens is 168 g/mol. The Balaban J connectivity index is 2.05.